The number of nitrogens with one attached hydrogen (secondary N) is 1. The van der Waals surface area contributed by atoms with Crippen LogP contribution in [-0.2, 0) is 9.47 Å². The number of carbonyl (C=O) groups is 2. The number of aryl methyl sites for hydroxylation is 2. The summed E-state index contributed by atoms with van der Waals surface area (Å²) in [5, 5.41) is 0. The van der Waals surface area contributed by atoms with Crippen LogP contribution >= 0.6 is 0 Å². The van der Waals surface area contributed by atoms with Gasteiger partial charge in [-0.25, -0.2) is 4.79 Å². The first kappa shape index (κ1) is 27.9. The number of methoxy groups -OCH3 is 2. The van der Waals surface area contributed by atoms with Gasteiger partial charge in [0, 0.05) is 55.8 Å². The van der Waals surface area contributed by atoms with Crippen molar-refractivity contribution in [1.82, 2.24) is 19.7 Å². The number of urea groups is 1. The van der Waals surface area contributed by atoms with Gasteiger partial charge in [-0.3, -0.25) is 9.69 Å². The number of fused-ring (bicyclic) bond motifs is 2. The Labute approximate surface area is 227 Å². The number of ether oxygens (including phenoxy) is 2. The molecule has 3 aliphatic rings. The molecular formula is C30H44N4O4. The third-order valence-corrected chi connectivity index (χ3v) is 8.33. The van der Waals surface area contributed by atoms with E-state index < -0.39 is 5.54 Å². The predicted molar refractivity (Wildman–Crippen MR) is 148 cm³/mol. The van der Waals surface area contributed by atoms with Crippen molar-refractivity contribution in [3.8, 4) is 0 Å². The molecule has 4 rings (SSSR count). The molecule has 208 valence electrons. The third-order valence-electron chi connectivity index (χ3n) is 8.33. The number of rotatable bonds is 4. The van der Waals surface area contributed by atoms with Crippen molar-refractivity contribution < 1.29 is 19.1 Å². The second-order valence-electron chi connectivity index (χ2n) is 11.1. The molecule has 38 heavy (non-hydrogen) atoms. The number of nitrogens with zero attached hydrogens (tertiary/aromatic N) is 3. The van der Waals surface area contributed by atoms with E-state index in [1.807, 2.05) is 40.7 Å². The van der Waals surface area contributed by atoms with Crippen molar-refractivity contribution in [2.75, 3.05) is 40.4 Å². The van der Waals surface area contributed by atoms with E-state index in [9.17, 15) is 9.59 Å². The fraction of sp³-hybridized carbons (Fsp3) is 0.600. The van der Waals surface area contributed by atoms with Gasteiger partial charge in [0.25, 0.3) is 5.91 Å². The number of allylic oxidation sites excluding steroid dienone is 3. The summed E-state index contributed by atoms with van der Waals surface area (Å²) in [4.78, 5) is 36.5. The average Bonchev–Trinajstić information content (AvgIpc) is 3.33. The number of piperidine rings is 1. The van der Waals surface area contributed by atoms with Gasteiger partial charge in [0.1, 0.15) is 5.76 Å². The summed E-state index contributed by atoms with van der Waals surface area (Å²) in [5.74, 6) is 2.04. The van der Waals surface area contributed by atoms with Crippen molar-refractivity contribution in [3.63, 3.8) is 0 Å². The van der Waals surface area contributed by atoms with Crippen LogP contribution in [0.25, 0.3) is 0 Å². The van der Waals surface area contributed by atoms with Gasteiger partial charge in [0.05, 0.1) is 31.1 Å². The van der Waals surface area contributed by atoms with E-state index in [0.29, 0.717) is 26.2 Å². The number of aromatic amines is 1. The Hall–Kier alpha value is -3.16. The van der Waals surface area contributed by atoms with Crippen molar-refractivity contribution >= 4 is 11.9 Å². The maximum Gasteiger partial charge on any atom is 0.325 e. The van der Waals surface area contributed by atoms with E-state index in [-0.39, 0.29) is 23.8 Å². The number of carbonyl (C=O) groups excluding carboxylic acids is 2. The zero-order valence-electron chi connectivity index (χ0n) is 24.1. The molecule has 0 saturated carbocycles. The maximum absolute atomic E-state index is 13.9. The highest BCUT2D eigenvalue weighted by Gasteiger charge is 2.54. The van der Waals surface area contributed by atoms with Crippen molar-refractivity contribution in [2.24, 2.45) is 11.8 Å². The Kier molecular flexibility index (Phi) is 8.28. The molecule has 0 radical (unpaired) electrons. The minimum absolute atomic E-state index is 0.0622. The summed E-state index contributed by atoms with van der Waals surface area (Å²) >= 11 is 0. The van der Waals surface area contributed by atoms with E-state index in [1.54, 1.807) is 14.2 Å². The third kappa shape index (κ3) is 5.22. The van der Waals surface area contributed by atoms with Gasteiger partial charge >= 0.3 is 6.03 Å². The molecule has 8 nitrogen and oxygen atoms in total. The highest BCUT2D eigenvalue weighted by molar-refractivity contribution is 5.95. The Bertz CT molecular complexity index is 1140. The van der Waals surface area contributed by atoms with E-state index >= 15 is 0 Å². The standard InChI is InChI=1S/C30H44N4O4/c1-8-34-29(36)33-19-21(3)15-25(38-7)18-24(37-6)10-9-20(2)16-27(33)30(34)11-13-32(14-12-30)28(35)26-17-22(4)31-23(26)5/h15-18,20-21,31H,8-14,19H2,1-7H3. The lowest BCUT2D eigenvalue weighted by Gasteiger charge is -2.44. The van der Waals surface area contributed by atoms with Gasteiger partial charge in [-0.1, -0.05) is 19.9 Å². The van der Waals surface area contributed by atoms with Crippen molar-refractivity contribution in [1.29, 1.82) is 0 Å². The van der Waals surface area contributed by atoms with Crippen LogP contribution < -0.4 is 0 Å². The number of hydrogen-bond acceptors (Lipinski definition) is 4. The minimum Gasteiger partial charge on any atom is -0.501 e. The highest BCUT2D eigenvalue weighted by atomic mass is 16.5. The van der Waals surface area contributed by atoms with Crippen LogP contribution in [0.5, 0.6) is 0 Å². The van der Waals surface area contributed by atoms with Crippen LogP contribution in [-0.4, -0.2) is 77.6 Å². The number of aromatic nitrogens is 1. The normalized spacial score (nSPS) is 24.2. The van der Waals surface area contributed by atoms with E-state index in [1.165, 1.54) is 0 Å². The summed E-state index contributed by atoms with van der Waals surface area (Å²) in [6.07, 6.45) is 9.48. The summed E-state index contributed by atoms with van der Waals surface area (Å²) < 4.78 is 11.3. The fourth-order valence-electron chi connectivity index (χ4n) is 6.31. The Morgan fingerprint density at radius 3 is 2.39 bits per heavy atom. The first-order valence-corrected chi connectivity index (χ1v) is 13.9. The van der Waals surface area contributed by atoms with Gasteiger partial charge < -0.3 is 24.3 Å². The molecule has 3 aliphatic heterocycles. The molecule has 0 aliphatic carbocycles. The number of likely N-dealkylation sites (tertiary alicyclic amines) is 1. The molecule has 4 heterocycles. The molecule has 2 atom stereocenters. The molecule has 2 unspecified atom stereocenters. The van der Waals surface area contributed by atoms with Crippen LogP contribution in [0.2, 0.25) is 0 Å². The van der Waals surface area contributed by atoms with Crippen LogP contribution in [0.15, 0.2) is 41.5 Å². The van der Waals surface area contributed by atoms with E-state index in [4.69, 9.17) is 9.47 Å². The largest absolute Gasteiger partial charge is 0.501 e. The smallest absolute Gasteiger partial charge is 0.325 e. The molecule has 1 aromatic rings. The summed E-state index contributed by atoms with van der Waals surface area (Å²) in [7, 11) is 3.37. The van der Waals surface area contributed by atoms with Gasteiger partial charge in [-0.2, -0.15) is 0 Å². The van der Waals surface area contributed by atoms with Crippen LogP contribution in [0.3, 0.4) is 0 Å². The molecule has 8 heteroatoms. The maximum atomic E-state index is 13.9. The lowest BCUT2D eigenvalue weighted by molar-refractivity contribution is 0.0574. The Morgan fingerprint density at radius 1 is 1.11 bits per heavy atom. The lowest BCUT2D eigenvalue weighted by atomic mass is 9.81. The summed E-state index contributed by atoms with van der Waals surface area (Å²) in [5.41, 5.74) is 3.33. The zero-order valence-corrected chi connectivity index (χ0v) is 24.1. The minimum atomic E-state index is -0.405. The highest BCUT2D eigenvalue weighted by Crippen LogP contribution is 2.45. The number of hydrogen-bond donors (Lipinski definition) is 1. The Morgan fingerprint density at radius 2 is 1.82 bits per heavy atom. The topological polar surface area (TPSA) is 78.1 Å². The van der Waals surface area contributed by atoms with Crippen molar-refractivity contribution in [3.05, 3.63) is 58.5 Å². The van der Waals surface area contributed by atoms with Gasteiger partial charge in [-0.05, 0) is 64.0 Å². The summed E-state index contributed by atoms with van der Waals surface area (Å²) in [6, 6.07) is 2.00. The van der Waals surface area contributed by atoms with Crippen LogP contribution in [0.1, 0.15) is 68.2 Å². The number of likely N-dealkylation sites (N-methyl/N-ethyl adjacent to an activating group) is 1. The van der Waals surface area contributed by atoms with Gasteiger partial charge in [0.15, 0.2) is 0 Å². The molecule has 2 fully saturated rings. The molecule has 0 aromatic carbocycles. The molecular weight excluding hydrogens is 480 g/mol. The SMILES string of the molecule is CCN1C(=O)N2CC(C)C=C(OC)C=C(OC)CCC(C)C=C2C12CCN(C(=O)c1cc(C)[nH]c1C)CC2. The molecule has 1 aromatic heterocycles. The van der Waals surface area contributed by atoms with E-state index in [0.717, 1.165) is 59.8 Å². The first-order chi connectivity index (χ1) is 18.1. The zero-order chi connectivity index (χ0) is 27.6. The second kappa shape index (κ2) is 11.3. The number of H-pyrrole nitrogens is 1. The first-order valence-electron chi connectivity index (χ1n) is 13.9. The van der Waals surface area contributed by atoms with E-state index in [2.05, 4.69) is 37.9 Å². The van der Waals surface area contributed by atoms with Gasteiger partial charge in [-0.15, -0.1) is 0 Å². The van der Waals surface area contributed by atoms with Crippen LogP contribution in [0, 0.1) is 25.7 Å². The average molecular weight is 525 g/mol. The molecule has 3 amide bonds. The molecule has 1 N–H and O–H groups in total. The summed E-state index contributed by atoms with van der Waals surface area (Å²) in [6.45, 7) is 12.7. The molecule has 1 spiro atoms. The second-order valence-corrected chi connectivity index (χ2v) is 11.1. The predicted octanol–water partition coefficient (Wildman–Crippen LogP) is 5.37. The quantitative estimate of drug-likeness (QED) is 0.574. The molecule has 0 bridgehead atoms. The Balaban J connectivity index is 1.67. The van der Waals surface area contributed by atoms with Gasteiger partial charge in [0.2, 0.25) is 0 Å². The number of amides is 3. The fourth-order valence-corrected chi connectivity index (χ4v) is 6.31. The van der Waals surface area contributed by atoms with Crippen molar-refractivity contribution in [2.45, 2.75) is 65.8 Å². The molecule has 2 saturated heterocycles. The van der Waals surface area contributed by atoms with Crippen LogP contribution in [0.4, 0.5) is 4.79 Å². The lowest BCUT2D eigenvalue weighted by Crippen LogP contribution is -2.54. The monoisotopic (exact) mass is 524 g/mol.